The normalized spacial score (nSPS) is 10.2. The van der Waals surface area contributed by atoms with E-state index >= 15 is 0 Å². The lowest BCUT2D eigenvalue weighted by molar-refractivity contribution is 0.0951. The van der Waals surface area contributed by atoms with Gasteiger partial charge in [0.2, 0.25) is 0 Å². The number of carbonyl (C=O) groups is 1. The van der Waals surface area contributed by atoms with E-state index in [4.69, 9.17) is 11.6 Å². The van der Waals surface area contributed by atoms with Gasteiger partial charge in [-0.05, 0) is 36.2 Å². The molecule has 2 rings (SSSR count). The zero-order valence-corrected chi connectivity index (χ0v) is 11.2. The molecular formula is C15H14ClNO2. The number of aromatic hydroxyl groups is 1. The van der Waals surface area contributed by atoms with Gasteiger partial charge < -0.3 is 10.4 Å². The fourth-order valence-corrected chi connectivity index (χ4v) is 1.93. The van der Waals surface area contributed by atoms with Gasteiger partial charge in [0.05, 0.1) is 10.6 Å². The third kappa shape index (κ3) is 3.26. The number of phenols is 1. The topological polar surface area (TPSA) is 49.3 Å². The second-order valence-electron chi connectivity index (χ2n) is 4.29. The summed E-state index contributed by atoms with van der Waals surface area (Å²) >= 11 is 6.10. The Balaban J connectivity index is 2.05. The van der Waals surface area contributed by atoms with E-state index in [-0.39, 0.29) is 11.7 Å². The highest BCUT2D eigenvalue weighted by Gasteiger charge is 2.11. The van der Waals surface area contributed by atoms with Gasteiger partial charge in [0.1, 0.15) is 5.75 Å². The van der Waals surface area contributed by atoms with E-state index in [1.165, 1.54) is 0 Å². The molecule has 0 saturated carbocycles. The molecule has 0 unspecified atom stereocenters. The van der Waals surface area contributed by atoms with Crippen molar-refractivity contribution >= 4 is 17.5 Å². The number of phenolic OH excluding ortho intramolecular Hbond substituents is 1. The molecule has 4 heteroatoms. The van der Waals surface area contributed by atoms with Crippen molar-refractivity contribution in [3.05, 3.63) is 64.2 Å². The molecule has 0 saturated heterocycles. The summed E-state index contributed by atoms with van der Waals surface area (Å²) in [5.41, 5.74) is 2.26. The first-order chi connectivity index (χ1) is 9.08. The van der Waals surface area contributed by atoms with Crippen molar-refractivity contribution in [3.8, 4) is 5.75 Å². The maximum atomic E-state index is 12.0. The lowest BCUT2D eigenvalue weighted by Gasteiger charge is -2.08. The molecule has 2 N–H and O–H groups in total. The minimum atomic E-state index is -0.207. The molecule has 2 aromatic rings. The van der Waals surface area contributed by atoms with Crippen LogP contribution in [-0.2, 0) is 6.54 Å². The average molecular weight is 276 g/mol. The van der Waals surface area contributed by atoms with E-state index in [9.17, 15) is 9.90 Å². The molecule has 0 aromatic heterocycles. The zero-order chi connectivity index (χ0) is 13.8. The van der Waals surface area contributed by atoms with E-state index in [1.807, 2.05) is 13.0 Å². The van der Waals surface area contributed by atoms with Gasteiger partial charge in [0, 0.05) is 6.54 Å². The molecule has 0 radical (unpaired) electrons. The molecule has 0 aliphatic rings. The highest BCUT2D eigenvalue weighted by atomic mass is 35.5. The van der Waals surface area contributed by atoms with E-state index in [0.717, 1.165) is 11.1 Å². The Labute approximate surface area is 116 Å². The van der Waals surface area contributed by atoms with E-state index in [1.54, 1.807) is 36.4 Å². The van der Waals surface area contributed by atoms with Gasteiger partial charge in [-0.15, -0.1) is 0 Å². The van der Waals surface area contributed by atoms with Gasteiger partial charge in [-0.25, -0.2) is 0 Å². The van der Waals surface area contributed by atoms with Crippen LogP contribution in [-0.4, -0.2) is 11.0 Å². The van der Waals surface area contributed by atoms with Gasteiger partial charge in [-0.3, -0.25) is 4.79 Å². The number of hydrogen-bond donors (Lipinski definition) is 2. The van der Waals surface area contributed by atoms with Gasteiger partial charge in [-0.2, -0.15) is 0 Å². The molecule has 19 heavy (non-hydrogen) atoms. The number of benzene rings is 2. The highest BCUT2D eigenvalue weighted by Crippen LogP contribution is 2.20. The van der Waals surface area contributed by atoms with Crippen molar-refractivity contribution in [1.29, 1.82) is 0 Å². The third-order valence-electron chi connectivity index (χ3n) is 2.83. The maximum Gasteiger partial charge on any atom is 0.253 e. The number of carbonyl (C=O) groups excluding carboxylic acids is 1. The number of nitrogens with one attached hydrogen (secondary N) is 1. The molecule has 3 nitrogen and oxygen atoms in total. The summed E-state index contributed by atoms with van der Waals surface area (Å²) in [6, 6.07) is 12.0. The molecule has 0 fully saturated rings. The summed E-state index contributed by atoms with van der Waals surface area (Å²) in [4.78, 5) is 12.0. The van der Waals surface area contributed by atoms with Crippen molar-refractivity contribution in [3.63, 3.8) is 0 Å². The van der Waals surface area contributed by atoms with Gasteiger partial charge >= 0.3 is 0 Å². The Bertz CT molecular complexity index is 594. The molecule has 0 atom stereocenters. The number of rotatable bonds is 3. The Morgan fingerprint density at radius 1 is 1.21 bits per heavy atom. The minimum absolute atomic E-state index is 0.205. The van der Waals surface area contributed by atoms with Crippen LogP contribution >= 0.6 is 11.6 Å². The van der Waals surface area contributed by atoms with Crippen LogP contribution in [0.2, 0.25) is 5.02 Å². The second kappa shape index (κ2) is 5.76. The third-order valence-corrected chi connectivity index (χ3v) is 3.33. The molecule has 98 valence electrons. The monoisotopic (exact) mass is 275 g/mol. The van der Waals surface area contributed by atoms with Crippen molar-refractivity contribution < 1.29 is 9.90 Å². The van der Waals surface area contributed by atoms with Crippen molar-refractivity contribution in [2.45, 2.75) is 13.5 Å². The van der Waals surface area contributed by atoms with E-state index < -0.39 is 0 Å². The first kappa shape index (κ1) is 13.4. The van der Waals surface area contributed by atoms with Crippen molar-refractivity contribution in [2.75, 3.05) is 0 Å². The summed E-state index contributed by atoms with van der Waals surface area (Å²) in [7, 11) is 0. The molecule has 0 aliphatic heterocycles. The molecule has 0 aliphatic carbocycles. The SMILES string of the molecule is Cc1cccc(C(=O)NCc2ccc(O)cc2)c1Cl. The number of aryl methyl sites for hydroxylation is 1. The molecule has 2 aromatic carbocycles. The average Bonchev–Trinajstić information content (AvgIpc) is 2.41. The first-order valence-corrected chi connectivity index (χ1v) is 6.27. The van der Waals surface area contributed by atoms with Crippen LogP contribution in [0.15, 0.2) is 42.5 Å². The second-order valence-corrected chi connectivity index (χ2v) is 4.66. The quantitative estimate of drug-likeness (QED) is 0.903. The van der Waals surface area contributed by atoms with E-state index in [2.05, 4.69) is 5.32 Å². The Morgan fingerprint density at radius 2 is 1.89 bits per heavy atom. The fourth-order valence-electron chi connectivity index (χ4n) is 1.71. The largest absolute Gasteiger partial charge is 0.508 e. The molecular weight excluding hydrogens is 262 g/mol. The van der Waals surface area contributed by atoms with Crippen LogP contribution in [0.4, 0.5) is 0 Å². The summed E-state index contributed by atoms with van der Waals surface area (Å²) < 4.78 is 0. The lowest BCUT2D eigenvalue weighted by atomic mass is 10.1. The maximum absolute atomic E-state index is 12.0. The van der Waals surface area contributed by atoms with Gasteiger partial charge in [0.25, 0.3) is 5.91 Å². The minimum Gasteiger partial charge on any atom is -0.508 e. The van der Waals surface area contributed by atoms with Crippen LogP contribution in [0, 0.1) is 6.92 Å². The summed E-state index contributed by atoms with van der Waals surface area (Å²) in [5.74, 6) is -0.00131. The van der Waals surface area contributed by atoms with Crippen LogP contribution in [0.3, 0.4) is 0 Å². The van der Waals surface area contributed by atoms with Crippen molar-refractivity contribution in [2.24, 2.45) is 0 Å². The fraction of sp³-hybridized carbons (Fsp3) is 0.133. The number of amides is 1. The molecule has 0 heterocycles. The Hall–Kier alpha value is -2.00. The predicted molar refractivity (Wildman–Crippen MR) is 75.5 cm³/mol. The smallest absolute Gasteiger partial charge is 0.253 e. The Kier molecular flexibility index (Phi) is 4.07. The van der Waals surface area contributed by atoms with Crippen LogP contribution in [0.5, 0.6) is 5.75 Å². The standard InChI is InChI=1S/C15H14ClNO2/c1-10-3-2-4-13(14(10)16)15(19)17-9-11-5-7-12(18)8-6-11/h2-8,18H,9H2,1H3,(H,17,19). The van der Waals surface area contributed by atoms with Crippen LogP contribution in [0.25, 0.3) is 0 Å². The molecule has 0 spiro atoms. The highest BCUT2D eigenvalue weighted by molar-refractivity contribution is 6.34. The zero-order valence-electron chi connectivity index (χ0n) is 10.5. The van der Waals surface area contributed by atoms with Crippen LogP contribution in [0.1, 0.15) is 21.5 Å². The summed E-state index contributed by atoms with van der Waals surface area (Å²) in [6.45, 7) is 2.25. The summed E-state index contributed by atoms with van der Waals surface area (Å²) in [5, 5.41) is 12.4. The van der Waals surface area contributed by atoms with E-state index in [0.29, 0.717) is 17.1 Å². The van der Waals surface area contributed by atoms with Crippen LogP contribution < -0.4 is 5.32 Å². The number of hydrogen-bond acceptors (Lipinski definition) is 2. The predicted octanol–water partition coefficient (Wildman–Crippen LogP) is 3.28. The number of halogens is 1. The van der Waals surface area contributed by atoms with Gasteiger partial charge in [0.15, 0.2) is 0 Å². The summed E-state index contributed by atoms with van der Waals surface area (Å²) in [6.07, 6.45) is 0. The first-order valence-electron chi connectivity index (χ1n) is 5.89. The Morgan fingerprint density at radius 3 is 2.58 bits per heavy atom. The van der Waals surface area contributed by atoms with Crippen molar-refractivity contribution in [1.82, 2.24) is 5.32 Å². The lowest BCUT2D eigenvalue weighted by Crippen LogP contribution is -2.23. The molecule has 1 amide bonds. The van der Waals surface area contributed by atoms with Gasteiger partial charge in [-0.1, -0.05) is 35.9 Å². The molecule has 0 bridgehead atoms.